The number of fused-ring (bicyclic) bond motifs is 3. The summed E-state index contributed by atoms with van der Waals surface area (Å²) in [6, 6.07) is 8.13. The van der Waals surface area contributed by atoms with E-state index in [1.807, 2.05) is 35.8 Å². The number of halogens is 3. The van der Waals surface area contributed by atoms with E-state index in [2.05, 4.69) is 10.3 Å². The minimum absolute atomic E-state index is 0.204. The molecule has 0 bridgehead atoms. The third-order valence-electron chi connectivity index (χ3n) is 7.94. The minimum Gasteiger partial charge on any atom is -0.386 e. The molecule has 40 heavy (non-hydrogen) atoms. The highest BCUT2D eigenvalue weighted by molar-refractivity contribution is 6.07. The second-order valence-corrected chi connectivity index (χ2v) is 11.1. The summed E-state index contributed by atoms with van der Waals surface area (Å²) >= 11 is 0. The zero-order chi connectivity index (χ0) is 28.3. The van der Waals surface area contributed by atoms with E-state index in [-0.39, 0.29) is 11.5 Å². The van der Waals surface area contributed by atoms with Crippen molar-refractivity contribution in [3.05, 3.63) is 76.9 Å². The zero-order valence-electron chi connectivity index (χ0n) is 22.8. The van der Waals surface area contributed by atoms with Gasteiger partial charge in [0.1, 0.15) is 17.5 Å². The first-order valence-corrected chi connectivity index (χ1v) is 13.3. The summed E-state index contributed by atoms with van der Waals surface area (Å²) in [5.74, 6) is -3.08. The average Bonchev–Trinajstić information content (AvgIpc) is 3.41. The van der Waals surface area contributed by atoms with Crippen LogP contribution in [-0.2, 0) is 17.4 Å². The van der Waals surface area contributed by atoms with Crippen molar-refractivity contribution in [1.82, 2.24) is 24.5 Å². The van der Waals surface area contributed by atoms with Crippen LogP contribution in [0.1, 0.15) is 49.6 Å². The highest BCUT2D eigenvalue weighted by Crippen LogP contribution is 2.43. The molecule has 10 heteroatoms. The Kier molecular flexibility index (Phi) is 6.42. The molecule has 3 aromatic heterocycles. The molecule has 208 valence electrons. The number of hydrogen-bond acceptors (Lipinski definition) is 5. The third kappa shape index (κ3) is 4.35. The Morgan fingerprint density at radius 1 is 1.02 bits per heavy atom. The van der Waals surface area contributed by atoms with Crippen molar-refractivity contribution in [2.45, 2.75) is 45.3 Å². The third-order valence-corrected chi connectivity index (χ3v) is 7.94. The lowest BCUT2D eigenvalue weighted by atomic mass is 9.86. The molecule has 1 aliphatic rings. The van der Waals surface area contributed by atoms with E-state index in [0.29, 0.717) is 53.9 Å². The predicted molar refractivity (Wildman–Crippen MR) is 145 cm³/mol. The second kappa shape index (κ2) is 9.71. The molecule has 0 amide bonds. The molecule has 0 spiro atoms. The topological polar surface area (TPSA) is 78.0 Å². The van der Waals surface area contributed by atoms with Gasteiger partial charge in [-0.15, -0.1) is 5.10 Å². The number of aryl methyl sites for hydroxylation is 2. The zero-order valence-corrected chi connectivity index (χ0v) is 22.8. The van der Waals surface area contributed by atoms with Gasteiger partial charge in [0.25, 0.3) is 0 Å². The van der Waals surface area contributed by atoms with Crippen LogP contribution in [0.5, 0.6) is 0 Å². The van der Waals surface area contributed by atoms with Gasteiger partial charge >= 0.3 is 0 Å². The molecule has 2 aromatic carbocycles. The van der Waals surface area contributed by atoms with E-state index in [0.717, 1.165) is 28.8 Å². The Bertz CT molecular complexity index is 1710. The fourth-order valence-electron chi connectivity index (χ4n) is 6.01. The van der Waals surface area contributed by atoms with E-state index in [1.54, 1.807) is 31.8 Å². The molecule has 1 N–H and O–H groups in total. The number of ether oxygens (including phenoxy) is 1. The van der Waals surface area contributed by atoms with Gasteiger partial charge in [0, 0.05) is 55.1 Å². The van der Waals surface area contributed by atoms with Crippen molar-refractivity contribution in [3.8, 4) is 11.3 Å². The van der Waals surface area contributed by atoms with Gasteiger partial charge in [-0.25, -0.2) is 17.9 Å². The first-order chi connectivity index (χ1) is 19.0. The standard InChI is InChI=1S/C30H30F3N5O2/c1-16-28(37(4)36-35-16)18-11-25-27(34-15-18)21-6-5-19(30(2,3)39)12-24(21)38(25)29(17-7-9-40-10-8-17)26-22(32)13-20(31)14-23(26)33/h5-6,11-15,17,29,39H,7-10H2,1-4H3/t29-/m0/s1. The number of rotatable bonds is 5. The molecular formula is C30H30F3N5O2. The minimum atomic E-state index is -1.16. The Morgan fingerprint density at radius 2 is 1.73 bits per heavy atom. The number of hydrogen-bond donors (Lipinski definition) is 1. The number of aromatic nitrogens is 5. The van der Waals surface area contributed by atoms with Crippen LogP contribution >= 0.6 is 0 Å². The van der Waals surface area contributed by atoms with E-state index in [1.165, 1.54) is 0 Å². The van der Waals surface area contributed by atoms with E-state index >= 15 is 8.78 Å². The van der Waals surface area contributed by atoms with Crippen LogP contribution in [-0.4, -0.2) is 42.9 Å². The van der Waals surface area contributed by atoms with Gasteiger partial charge in [-0.3, -0.25) is 4.98 Å². The molecule has 1 saturated heterocycles. The van der Waals surface area contributed by atoms with Gasteiger partial charge in [-0.2, -0.15) is 0 Å². The number of nitrogens with zero attached hydrogens (tertiary/aromatic N) is 5. The lowest BCUT2D eigenvalue weighted by molar-refractivity contribution is 0.0543. The molecule has 5 aromatic rings. The summed E-state index contributed by atoms with van der Waals surface area (Å²) in [7, 11) is 1.79. The van der Waals surface area contributed by atoms with Crippen LogP contribution in [0.15, 0.2) is 42.6 Å². The highest BCUT2D eigenvalue weighted by Gasteiger charge is 2.35. The maximum absolute atomic E-state index is 15.6. The lowest BCUT2D eigenvalue weighted by Crippen LogP contribution is -2.28. The van der Waals surface area contributed by atoms with Gasteiger partial charge in [-0.05, 0) is 57.2 Å². The van der Waals surface area contributed by atoms with E-state index in [9.17, 15) is 9.50 Å². The Morgan fingerprint density at radius 3 is 2.35 bits per heavy atom. The van der Waals surface area contributed by atoms with Crippen LogP contribution in [0.4, 0.5) is 13.2 Å². The average molecular weight is 550 g/mol. The fourth-order valence-corrected chi connectivity index (χ4v) is 6.01. The summed E-state index contributed by atoms with van der Waals surface area (Å²) < 4.78 is 54.4. The smallest absolute Gasteiger partial charge is 0.134 e. The molecule has 7 nitrogen and oxygen atoms in total. The molecule has 0 saturated carbocycles. The first-order valence-electron chi connectivity index (χ1n) is 13.3. The van der Waals surface area contributed by atoms with Gasteiger partial charge in [0.15, 0.2) is 0 Å². The van der Waals surface area contributed by atoms with E-state index in [4.69, 9.17) is 9.72 Å². The molecular weight excluding hydrogens is 519 g/mol. The molecule has 0 aliphatic carbocycles. The largest absolute Gasteiger partial charge is 0.386 e. The lowest BCUT2D eigenvalue weighted by Gasteiger charge is -2.33. The van der Waals surface area contributed by atoms with Gasteiger partial charge in [-0.1, -0.05) is 17.3 Å². The van der Waals surface area contributed by atoms with Crippen molar-refractivity contribution >= 4 is 21.9 Å². The van der Waals surface area contributed by atoms with Crippen molar-refractivity contribution in [1.29, 1.82) is 0 Å². The Hall–Kier alpha value is -3.76. The van der Waals surface area contributed by atoms with Gasteiger partial charge in [0.05, 0.1) is 39.6 Å². The van der Waals surface area contributed by atoms with Gasteiger partial charge < -0.3 is 14.4 Å². The number of aliphatic hydroxyl groups is 1. The SMILES string of the molecule is Cc1nnn(C)c1-c1cnc2c3ccc(C(C)(C)O)cc3n([C@H](c3c(F)cc(F)cc3F)C3CCOCC3)c2c1. The van der Waals surface area contributed by atoms with Crippen LogP contribution in [0.25, 0.3) is 33.2 Å². The maximum atomic E-state index is 15.6. The molecule has 0 unspecified atom stereocenters. The van der Waals surface area contributed by atoms with Crippen molar-refractivity contribution in [3.63, 3.8) is 0 Å². The summed E-state index contributed by atoms with van der Waals surface area (Å²) in [6.07, 6.45) is 2.86. The Labute approximate surface area is 229 Å². The number of pyridine rings is 1. The van der Waals surface area contributed by atoms with Crippen molar-refractivity contribution in [2.75, 3.05) is 13.2 Å². The fraction of sp³-hybridized carbons (Fsp3) is 0.367. The second-order valence-electron chi connectivity index (χ2n) is 11.1. The van der Waals surface area contributed by atoms with Crippen molar-refractivity contribution < 1.29 is 23.0 Å². The molecule has 1 aliphatic heterocycles. The summed E-state index contributed by atoms with van der Waals surface area (Å²) in [5.41, 5.74) is 3.47. The molecule has 4 heterocycles. The molecule has 1 atom stereocenters. The maximum Gasteiger partial charge on any atom is 0.134 e. The monoisotopic (exact) mass is 549 g/mol. The highest BCUT2D eigenvalue weighted by atomic mass is 19.1. The normalized spacial score (nSPS) is 15.8. The Balaban J connectivity index is 1.73. The van der Waals surface area contributed by atoms with Gasteiger partial charge in [0.2, 0.25) is 0 Å². The molecule has 6 rings (SSSR count). The molecule has 1 fully saturated rings. The van der Waals surface area contributed by atoms with Crippen LogP contribution in [0.2, 0.25) is 0 Å². The van der Waals surface area contributed by atoms with E-state index < -0.39 is 29.1 Å². The predicted octanol–water partition coefficient (Wildman–Crippen LogP) is 5.95. The summed E-state index contributed by atoms with van der Waals surface area (Å²) in [4.78, 5) is 4.82. The summed E-state index contributed by atoms with van der Waals surface area (Å²) in [5, 5.41) is 19.9. The number of benzene rings is 2. The summed E-state index contributed by atoms with van der Waals surface area (Å²) in [6.45, 7) is 6.11. The van der Waals surface area contributed by atoms with Crippen LogP contribution in [0, 0.1) is 30.3 Å². The van der Waals surface area contributed by atoms with Crippen molar-refractivity contribution in [2.24, 2.45) is 13.0 Å². The molecule has 0 radical (unpaired) electrons. The first kappa shape index (κ1) is 26.5. The quantitative estimate of drug-likeness (QED) is 0.293. The van der Waals surface area contributed by atoms with Crippen LogP contribution < -0.4 is 0 Å². The van der Waals surface area contributed by atoms with Crippen LogP contribution in [0.3, 0.4) is 0 Å².